The number of ether oxygens (including phenoxy) is 3. The maximum absolute atomic E-state index is 13.2. The molecule has 184 valence electrons. The first kappa shape index (κ1) is 25.1. The minimum absolute atomic E-state index is 0.102. The number of thiazole rings is 1. The summed E-state index contributed by atoms with van der Waals surface area (Å²) in [5.74, 6) is -0.950. The highest BCUT2D eigenvalue weighted by molar-refractivity contribution is 7.92. The summed E-state index contributed by atoms with van der Waals surface area (Å²) in [5, 5.41) is 2.61. The van der Waals surface area contributed by atoms with E-state index in [0.717, 1.165) is 11.3 Å². The molecule has 0 radical (unpaired) electrons. The van der Waals surface area contributed by atoms with E-state index in [9.17, 15) is 18.0 Å². The second-order valence-corrected chi connectivity index (χ2v) is 11.9. The number of amides is 1. The lowest BCUT2D eigenvalue weighted by Crippen LogP contribution is -2.28. The number of nitrogens with one attached hydrogen (secondary N) is 1. The number of carbonyl (C=O) groups is 2. The Labute approximate surface area is 206 Å². The predicted molar refractivity (Wildman–Crippen MR) is 126 cm³/mol. The quantitative estimate of drug-likeness (QED) is 0.466. The molecule has 0 bridgehead atoms. The van der Waals surface area contributed by atoms with Crippen molar-refractivity contribution in [2.24, 2.45) is 0 Å². The van der Waals surface area contributed by atoms with Gasteiger partial charge in [-0.25, -0.2) is 13.4 Å². The zero-order valence-corrected chi connectivity index (χ0v) is 20.9. The fourth-order valence-corrected chi connectivity index (χ4v) is 6.22. The Morgan fingerprint density at radius 2 is 2.00 bits per heavy atom. The number of benzene rings is 1. The molecule has 1 saturated heterocycles. The monoisotopic (exact) mass is 528 g/mol. The average molecular weight is 529 g/mol. The van der Waals surface area contributed by atoms with Crippen LogP contribution in [0.4, 0.5) is 5.13 Å². The summed E-state index contributed by atoms with van der Waals surface area (Å²) in [4.78, 5) is 29.4. The number of sulfone groups is 1. The zero-order chi connectivity index (χ0) is 24.3. The van der Waals surface area contributed by atoms with E-state index in [1.54, 1.807) is 19.1 Å². The Morgan fingerprint density at radius 1 is 1.26 bits per heavy atom. The number of rotatable bonds is 10. The molecule has 1 N–H and O–H groups in total. The molecule has 2 aromatic rings. The van der Waals surface area contributed by atoms with Gasteiger partial charge in [0.1, 0.15) is 4.34 Å². The number of carbonyl (C=O) groups excluding carboxylic acids is 2. The van der Waals surface area contributed by atoms with E-state index in [2.05, 4.69) is 10.3 Å². The molecule has 12 heteroatoms. The summed E-state index contributed by atoms with van der Waals surface area (Å²) in [7, 11) is -3.34. The molecule has 2 fully saturated rings. The third-order valence-corrected chi connectivity index (χ3v) is 8.96. The largest absolute Gasteiger partial charge is 0.466 e. The third-order valence-electron chi connectivity index (χ3n) is 5.43. The SMILES string of the molecule is CCOC(=O)Cc1nc(NC(=O)C(OC2CCOC2)c2ccc(S(=O)(=O)C3CC3)cc2)sc1Cl. The van der Waals surface area contributed by atoms with Gasteiger partial charge >= 0.3 is 5.97 Å². The lowest BCUT2D eigenvalue weighted by atomic mass is 10.1. The van der Waals surface area contributed by atoms with Crippen LogP contribution in [0.25, 0.3) is 0 Å². The van der Waals surface area contributed by atoms with E-state index < -0.39 is 27.8 Å². The molecular formula is C22H25ClN2O7S2. The number of aromatic nitrogens is 1. The molecule has 0 spiro atoms. The van der Waals surface area contributed by atoms with Gasteiger partial charge in [-0.05, 0) is 43.9 Å². The summed E-state index contributed by atoms with van der Waals surface area (Å²) in [6, 6.07) is 6.21. The van der Waals surface area contributed by atoms with Crippen LogP contribution in [0, 0.1) is 0 Å². The molecule has 34 heavy (non-hydrogen) atoms. The minimum Gasteiger partial charge on any atom is -0.466 e. The molecule has 2 aliphatic rings. The molecule has 1 aromatic heterocycles. The first-order valence-electron chi connectivity index (χ1n) is 11.0. The molecule has 2 heterocycles. The number of esters is 1. The van der Waals surface area contributed by atoms with E-state index in [1.807, 2.05) is 0 Å². The standard InChI is InChI=1S/C22H25ClN2O7S2/c1-2-31-18(26)11-17-20(23)33-22(24-17)25-21(27)19(32-14-9-10-30-12-14)13-3-5-15(6-4-13)34(28,29)16-7-8-16/h3-6,14,16,19H,2,7-12H2,1H3,(H,24,25,27). The number of hydrogen-bond acceptors (Lipinski definition) is 9. The maximum Gasteiger partial charge on any atom is 0.311 e. The van der Waals surface area contributed by atoms with E-state index >= 15 is 0 Å². The van der Waals surface area contributed by atoms with E-state index in [0.29, 0.717) is 43.7 Å². The number of hydrogen-bond donors (Lipinski definition) is 1. The maximum atomic E-state index is 13.2. The van der Waals surface area contributed by atoms with Gasteiger partial charge in [-0.2, -0.15) is 0 Å². The Hall–Kier alpha value is -2.05. The van der Waals surface area contributed by atoms with Crippen molar-refractivity contribution in [1.82, 2.24) is 4.98 Å². The van der Waals surface area contributed by atoms with Crippen molar-refractivity contribution in [3.05, 3.63) is 39.9 Å². The van der Waals surface area contributed by atoms with Crippen molar-refractivity contribution >= 4 is 49.8 Å². The van der Waals surface area contributed by atoms with Crippen LogP contribution in [-0.4, -0.2) is 56.5 Å². The lowest BCUT2D eigenvalue weighted by Gasteiger charge is -2.21. The van der Waals surface area contributed by atoms with Gasteiger partial charge in [-0.3, -0.25) is 14.9 Å². The van der Waals surface area contributed by atoms with Crippen molar-refractivity contribution < 1.29 is 32.2 Å². The second-order valence-electron chi connectivity index (χ2n) is 8.03. The molecule has 2 atom stereocenters. The van der Waals surface area contributed by atoms with E-state index in [4.69, 9.17) is 25.8 Å². The first-order chi connectivity index (χ1) is 16.3. The number of halogens is 1. The summed E-state index contributed by atoms with van der Waals surface area (Å²) in [6.45, 7) is 2.85. The predicted octanol–water partition coefficient (Wildman–Crippen LogP) is 3.32. The normalized spacial score (nSPS) is 19.1. The highest BCUT2D eigenvalue weighted by Gasteiger charge is 2.37. The van der Waals surface area contributed by atoms with E-state index in [1.165, 1.54) is 12.1 Å². The third kappa shape index (κ3) is 5.95. The van der Waals surface area contributed by atoms with Crippen LogP contribution in [0.2, 0.25) is 4.34 Å². The van der Waals surface area contributed by atoms with Crippen molar-refractivity contribution in [2.75, 3.05) is 25.1 Å². The van der Waals surface area contributed by atoms with Crippen molar-refractivity contribution in [3.63, 3.8) is 0 Å². The van der Waals surface area contributed by atoms with Crippen molar-refractivity contribution in [2.45, 2.75) is 55.0 Å². The van der Waals surface area contributed by atoms with Gasteiger partial charge in [0.25, 0.3) is 5.91 Å². The van der Waals surface area contributed by atoms with Crippen LogP contribution in [0.15, 0.2) is 29.2 Å². The van der Waals surface area contributed by atoms with Crippen LogP contribution in [0.3, 0.4) is 0 Å². The summed E-state index contributed by atoms with van der Waals surface area (Å²) >= 11 is 7.22. The Morgan fingerprint density at radius 3 is 2.62 bits per heavy atom. The van der Waals surface area contributed by atoms with Gasteiger partial charge < -0.3 is 14.2 Å². The van der Waals surface area contributed by atoms with Crippen LogP contribution in [0.5, 0.6) is 0 Å². The molecular weight excluding hydrogens is 504 g/mol. The summed E-state index contributed by atoms with van der Waals surface area (Å²) in [5.41, 5.74) is 0.824. The van der Waals surface area contributed by atoms with Crippen LogP contribution in [-0.2, 0) is 40.1 Å². The molecule has 1 aromatic carbocycles. The second kappa shape index (κ2) is 10.7. The number of nitrogens with zero attached hydrogens (tertiary/aromatic N) is 1. The highest BCUT2D eigenvalue weighted by atomic mass is 35.5. The average Bonchev–Trinajstić information content (AvgIpc) is 3.45. The molecule has 1 amide bonds. The van der Waals surface area contributed by atoms with Gasteiger partial charge in [-0.1, -0.05) is 35.1 Å². The smallest absolute Gasteiger partial charge is 0.311 e. The lowest BCUT2D eigenvalue weighted by molar-refractivity contribution is -0.142. The molecule has 1 aliphatic carbocycles. The fourth-order valence-electron chi connectivity index (χ4n) is 3.52. The van der Waals surface area contributed by atoms with Gasteiger partial charge in [-0.15, -0.1) is 0 Å². The van der Waals surface area contributed by atoms with Crippen LogP contribution in [0.1, 0.15) is 43.5 Å². The van der Waals surface area contributed by atoms with Gasteiger partial charge in [0.2, 0.25) is 0 Å². The Balaban J connectivity index is 1.51. The molecule has 4 rings (SSSR count). The van der Waals surface area contributed by atoms with E-state index in [-0.39, 0.29) is 38.7 Å². The topological polar surface area (TPSA) is 121 Å². The summed E-state index contributed by atoms with van der Waals surface area (Å²) in [6.07, 6.45) is 0.605. The molecule has 1 aliphatic heterocycles. The molecule has 9 nitrogen and oxygen atoms in total. The summed E-state index contributed by atoms with van der Waals surface area (Å²) < 4.78 is 41.6. The fraction of sp³-hybridized carbons (Fsp3) is 0.500. The molecule has 1 saturated carbocycles. The van der Waals surface area contributed by atoms with Gasteiger partial charge in [0.05, 0.1) is 41.6 Å². The van der Waals surface area contributed by atoms with Gasteiger partial charge in [0, 0.05) is 6.61 Å². The van der Waals surface area contributed by atoms with Crippen LogP contribution >= 0.6 is 22.9 Å². The molecule has 2 unspecified atom stereocenters. The van der Waals surface area contributed by atoms with Crippen molar-refractivity contribution in [1.29, 1.82) is 0 Å². The van der Waals surface area contributed by atoms with Crippen molar-refractivity contribution in [3.8, 4) is 0 Å². The number of anilines is 1. The zero-order valence-electron chi connectivity index (χ0n) is 18.5. The first-order valence-corrected chi connectivity index (χ1v) is 13.7. The minimum atomic E-state index is -3.34. The van der Waals surface area contributed by atoms with Crippen LogP contribution < -0.4 is 5.32 Å². The Kier molecular flexibility index (Phi) is 7.88. The highest BCUT2D eigenvalue weighted by Crippen LogP contribution is 2.35. The Bertz CT molecular complexity index is 1140. The van der Waals surface area contributed by atoms with Gasteiger partial charge in [0.15, 0.2) is 21.1 Å².